The van der Waals surface area contributed by atoms with Crippen molar-refractivity contribution in [2.75, 3.05) is 0 Å². The van der Waals surface area contributed by atoms with Crippen LogP contribution < -0.4 is 4.74 Å². The number of hydrogen-bond donors (Lipinski definition) is 1. The second-order valence-electron chi connectivity index (χ2n) is 3.71. The number of ether oxygens (including phenoxy) is 1. The van der Waals surface area contributed by atoms with Crippen LogP contribution in [0.25, 0.3) is 0 Å². The van der Waals surface area contributed by atoms with Gasteiger partial charge in [0, 0.05) is 0 Å². The van der Waals surface area contributed by atoms with Crippen LogP contribution in [0.3, 0.4) is 0 Å². The van der Waals surface area contributed by atoms with Crippen LogP contribution in [0, 0.1) is 3.57 Å². The van der Waals surface area contributed by atoms with Crippen molar-refractivity contribution in [3.05, 3.63) is 63.2 Å². The van der Waals surface area contributed by atoms with Gasteiger partial charge in [-0.15, -0.1) is 0 Å². The van der Waals surface area contributed by atoms with Gasteiger partial charge in [-0.05, 0) is 51.9 Å². The Hall–Kier alpha value is -1.56. The van der Waals surface area contributed by atoms with Crippen LogP contribution in [-0.2, 0) is 6.61 Å². The summed E-state index contributed by atoms with van der Waals surface area (Å²) in [5, 5.41) is 11.5. The molecule has 0 amide bonds. The van der Waals surface area contributed by atoms with Gasteiger partial charge in [0.2, 0.25) is 0 Å². The van der Waals surface area contributed by atoms with E-state index in [1.807, 2.05) is 48.5 Å². The highest BCUT2D eigenvalue weighted by molar-refractivity contribution is 14.1. The van der Waals surface area contributed by atoms with Gasteiger partial charge >= 0.3 is 0 Å². The molecule has 0 heterocycles. The quantitative estimate of drug-likeness (QED) is 0.394. The largest absolute Gasteiger partial charge is 0.488 e. The number of benzene rings is 2. The Balaban J connectivity index is 2.06. The topological polar surface area (TPSA) is 41.8 Å². The highest BCUT2D eigenvalue weighted by atomic mass is 127. The summed E-state index contributed by atoms with van der Waals surface area (Å²) < 4.78 is 6.73. The number of halogens is 1. The molecule has 0 saturated carbocycles. The van der Waals surface area contributed by atoms with E-state index in [2.05, 4.69) is 27.7 Å². The SMILES string of the molecule is O/N=C\c1ccc(OCc2ccccc2)c(I)c1. The minimum absolute atomic E-state index is 0.546. The lowest BCUT2D eigenvalue weighted by atomic mass is 10.2. The summed E-state index contributed by atoms with van der Waals surface area (Å²) in [5.74, 6) is 0.828. The maximum atomic E-state index is 8.47. The number of oxime groups is 1. The van der Waals surface area contributed by atoms with Crippen LogP contribution in [0.5, 0.6) is 5.75 Å². The van der Waals surface area contributed by atoms with Gasteiger partial charge in [-0.2, -0.15) is 0 Å². The third kappa shape index (κ3) is 3.46. The van der Waals surface area contributed by atoms with E-state index in [1.54, 1.807) is 0 Å². The summed E-state index contributed by atoms with van der Waals surface area (Å²) in [6, 6.07) is 15.6. The first-order chi connectivity index (χ1) is 8.79. The molecule has 0 unspecified atom stereocenters. The molecule has 1 N–H and O–H groups in total. The van der Waals surface area contributed by atoms with Crippen molar-refractivity contribution in [1.29, 1.82) is 0 Å². The van der Waals surface area contributed by atoms with Gasteiger partial charge in [0.15, 0.2) is 0 Å². The summed E-state index contributed by atoms with van der Waals surface area (Å²) in [5.41, 5.74) is 1.98. The van der Waals surface area contributed by atoms with Crippen LogP contribution in [0.1, 0.15) is 11.1 Å². The molecule has 0 aromatic heterocycles. The first-order valence-electron chi connectivity index (χ1n) is 5.43. The van der Waals surface area contributed by atoms with E-state index in [-0.39, 0.29) is 0 Å². The molecule has 2 aromatic carbocycles. The van der Waals surface area contributed by atoms with Gasteiger partial charge in [-0.1, -0.05) is 35.5 Å². The first kappa shape index (κ1) is 12.9. The van der Waals surface area contributed by atoms with Crippen molar-refractivity contribution in [2.24, 2.45) is 5.16 Å². The molecule has 3 nitrogen and oxygen atoms in total. The molecule has 0 aliphatic heterocycles. The van der Waals surface area contributed by atoms with Gasteiger partial charge in [-0.3, -0.25) is 0 Å². The highest BCUT2D eigenvalue weighted by Gasteiger charge is 2.02. The minimum atomic E-state index is 0.546. The normalized spacial score (nSPS) is 10.7. The van der Waals surface area contributed by atoms with Crippen LogP contribution in [0.4, 0.5) is 0 Å². The average molecular weight is 353 g/mol. The maximum absolute atomic E-state index is 8.47. The molecule has 0 atom stereocenters. The fourth-order valence-corrected chi connectivity index (χ4v) is 2.21. The maximum Gasteiger partial charge on any atom is 0.133 e. The lowest BCUT2D eigenvalue weighted by Crippen LogP contribution is -1.97. The predicted molar refractivity (Wildman–Crippen MR) is 79.3 cm³/mol. The van der Waals surface area contributed by atoms with Crippen molar-refractivity contribution in [1.82, 2.24) is 0 Å². The molecule has 4 heteroatoms. The predicted octanol–water partition coefficient (Wildman–Crippen LogP) is 3.68. The lowest BCUT2D eigenvalue weighted by Gasteiger charge is -2.08. The van der Waals surface area contributed by atoms with Crippen molar-refractivity contribution in [2.45, 2.75) is 6.61 Å². The smallest absolute Gasteiger partial charge is 0.133 e. The standard InChI is InChI=1S/C14H12INO2/c15-13-8-12(9-16-17)6-7-14(13)18-10-11-4-2-1-3-5-11/h1-9,17H,10H2/b16-9-. The third-order valence-corrected chi connectivity index (χ3v) is 3.24. The molecule has 0 radical (unpaired) electrons. The molecule has 0 saturated heterocycles. The minimum Gasteiger partial charge on any atom is -0.488 e. The van der Waals surface area contributed by atoms with Crippen molar-refractivity contribution in [3.8, 4) is 5.75 Å². The second-order valence-corrected chi connectivity index (χ2v) is 4.87. The van der Waals surface area contributed by atoms with E-state index in [9.17, 15) is 0 Å². The zero-order valence-electron chi connectivity index (χ0n) is 9.58. The van der Waals surface area contributed by atoms with Crippen molar-refractivity contribution < 1.29 is 9.94 Å². The van der Waals surface area contributed by atoms with Crippen LogP contribution >= 0.6 is 22.6 Å². The highest BCUT2D eigenvalue weighted by Crippen LogP contribution is 2.22. The van der Waals surface area contributed by atoms with Crippen LogP contribution in [-0.4, -0.2) is 11.4 Å². The summed E-state index contributed by atoms with van der Waals surface area (Å²) in [6.45, 7) is 0.546. The summed E-state index contributed by atoms with van der Waals surface area (Å²) in [6.07, 6.45) is 1.39. The Labute approximate surface area is 119 Å². The van der Waals surface area contributed by atoms with E-state index in [4.69, 9.17) is 9.94 Å². The molecule has 0 aliphatic rings. The molecular formula is C14H12INO2. The molecule has 18 heavy (non-hydrogen) atoms. The Bertz CT molecular complexity index is 541. The van der Waals surface area contributed by atoms with E-state index in [1.165, 1.54) is 6.21 Å². The van der Waals surface area contributed by atoms with E-state index < -0.39 is 0 Å². The van der Waals surface area contributed by atoms with E-state index in [0.717, 1.165) is 20.4 Å². The zero-order valence-corrected chi connectivity index (χ0v) is 11.7. The van der Waals surface area contributed by atoms with Crippen LogP contribution in [0.15, 0.2) is 53.7 Å². The molecule has 0 bridgehead atoms. The molecule has 0 spiro atoms. The van der Waals surface area contributed by atoms with Crippen molar-refractivity contribution in [3.63, 3.8) is 0 Å². The Kier molecular flexibility index (Phi) is 4.58. The first-order valence-corrected chi connectivity index (χ1v) is 6.51. The Morgan fingerprint density at radius 3 is 2.61 bits per heavy atom. The number of hydrogen-bond acceptors (Lipinski definition) is 3. The van der Waals surface area contributed by atoms with E-state index >= 15 is 0 Å². The molecule has 2 rings (SSSR count). The molecule has 0 aliphatic carbocycles. The third-order valence-electron chi connectivity index (χ3n) is 2.40. The fraction of sp³-hybridized carbons (Fsp3) is 0.0714. The molecule has 92 valence electrons. The van der Waals surface area contributed by atoms with Crippen molar-refractivity contribution >= 4 is 28.8 Å². The number of rotatable bonds is 4. The fourth-order valence-electron chi connectivity index (χ4n) is 1.52. The average Bonchev–Trinajstić information content (AvgIpc) is 2.39. The lowest BCUT2D eigenvalue weighted by molar-refractivity contribution is 0.304. The van der Waals surface area contributed by atoms with Gasteiger partial charge in [0.25, 0.3) is 0 Å². The second kappa shape index (κ2) is 6.39. The summed E-state index contributed by atoms with van der Waals surface area (Å²) in [7, 11) is 0. The van der Waals surface area contributed by atoms with Gasteiger partial charge in [0.05, 0.1) is 9.78 Å². The molecule has 0 fully saturated rings. The van der Waals surface area contributed by atoms with Gasteiger partial charge in [0.1, 0.15) is 12.4 Å². The molecular weight excluding hydrogens is 341 g/mol. The Morgan fingerprint density at radius 1 is 1.17 bits per heavy atom. The van der Waals surface area contributed by atoms with Gasteiger partial charge < -0.3 is 9.94 Å². The van der Waals surface area contributed by atoms with E-state index in [0.29, 0.717) is 6.61 Å². The van der Waals surface area contributed by atoms with Crippen LogP contribution in [0.2, 0.25) is 0 Å². The number of nitrogens with zero attached hydrogens (tertiary/aromatic N) is 1. The van der Waals surface area contributed by atoms with Gasteiger partial charge in [-0.25, -0.2) is 0 Å². The monoisotopic (exact) mass is 353 g/mol. The Morgan fingerprint density at radius 2 is 1.94 bits per heavy atom. The summed E-state index contributed by atoms with van der Waals surface area (Å²) in [4.78, 5) is 0. The molecule has 2 aromatic rings. The summed E-state index contributed by atoms with van der Waals surface area (Å²) >= 11 is 2.20. The zero-order chi connectivity index (χ0) is 12.8.